The molecule has 0 radical (unpaired) electrons. The van der Waals surface area contributed by atoms with Crippen molar-refractivity contribution < 1.29 is 8.42 Å². The van der Waals surface area contributed by atoms with E-state index in [4.69, 9.17) is 0 Å². The molecular formula is C13H26N2O2S. The number of sulfonamides is 1. The summed E-state index contributed by atoms with van der Waals surface area (Å²) in [5.41, 5.74) is 0. The summed E-state index contributed by atoms with van der Waals surface area (Å²) in [7, 11) is -3.02. The zero-order valence-corrected chi connectivity index (χ0v) is 12.4. The first-order chi connectivity index (χ1) is 8.49. The minimum Gasteiger partial charge on any atom is -0.314 e. The van der Waals surface area contributed by atoms with Crippen LogP contribution in [0.15, 0.2) is 0 Å². The second-order valence-corrected chi connectivity index (χ2v) is 8.09. The first-order valence-electron chi connectivity index (χ1n) is 7.20. The Hall–Kier alpha value is -0.130. The second-order valence-electron chi connectivity index (χ2n) is 6.00. The van der Waals surface area contributed by atoms with Gasteiger partial charge in [0.25, 0.3) is 0 Å². The van der Waals surface area contributed by atoms with E-state index in [1.165, 1.54) is 12.8 Å². The summed E-state index contributed by atoms with van der Waals surface area (Å²) in [6.45, 7) is 6.63. The smallest absolute Gasteiger partial charge is 0.214 e. The lowest BCUT2D eigenvalue weighted by atomic mass is 9.90. The maximum absolute atomic E-state index is 12.2. The molecule has 4 nitrogen and oxygen atoms in total. The van der Waals surface area contributed by atoms with Crippen molar-refractivity contribution in [1.29, 1.82) is 0 Å². The predicted molar refractivity (Wildman–Crippen MR) is 73.9 cm³/mol. The van der Waals surface area contributed by atoms with Crippen LogP contribution in [0.25, 0.3) is 0 Å². The summed E-state index contributed by atoms with van der Waals surface area (Å²) in [6.07, 6.45) is 4.25. The van der Waals surface area contributed by atoms with E-state index < -0.39 is 10.0 Å². The third-order valence-electron chi connectivity index (χ3n) is 4.28. The van der Waals surface area contributed by atoms with Crippen LogP contribution in [0.1, 0.15) is 39.5 Å². The van der Waals surface area contributed by atoms with Crippen molar-refractivity contribution in [2.45, 2.75) is 45.6 Å². The van der Waals surface area contributed by atoms with Crippen LogP contribution in [0, 0.1) is 11.8 Å². The maximum Gasteiger partial charge on any atom is 0.214 e. The van der Waals surface area contributed by atoms with Gasteiger partial charge in [0.15, 0.2) is 0 Å². The first-order valence-corrected chi connectivity index (χ1v) is 8.81. The van der Waals surface area contributed by atoms with E-state index in [2.05, 4.69) is 19.2 Å². The van der Waals surface area contributed by atoms with Crippen molar-refractivity contribution >= 4 is 10.0 Å². The summed E-state index contributed by atoms with van der Waals surface area (Å²) in [5, 5.41) is 3.36. The van der Waals surface area contributed by atoms with Crippen LogP contribution in [-0.4, -0.2) is 44.2 Å². The minimum absolute atomic E-state index is 0.299. The van der Waals surface area contributed by atoms with Crippen molar-refractivity contribution in [3.8, 4) is 0 Å². The lowest BCUT2D eigenvalue weighted by molar-refractivity contribution is 0.212. The van der Waals surface area contributed by atoms with Crippen LogP contribution in [0.4, 0.5) is 0 Å². The highest BCUT2D eigenvalue weighted by Gasteiger charge is 2.30. The lowest BCUT2D eigenvalue weighted by Gasteiger charge is -2.34. The Bertz CT molecular complexity index is 365. The zero-order chi connectivity index (χ0) is 13.2. The molecule has 1 saturated heterocycles. The summed E-state index contributed by atoms with van der Waals surface area (Å²) in [4.78, 5) is 0. The van der Waals surface area contributed by atoms with Gasteiger partial charge < -0.3 is 5.32 Å². The molecule has 2 rings (SSSR count). The van der Waals surface area contributed by atoms with Crippen molar-refractivity contribution in [3.05, 3.63) is 0 Å². The van der Waals surface area contributed by atoms with E-state index in [0.29, 0.717) is 36.7 Å². The summed E-state index contributed by atoms with van der Waals surface area (Å²) >= 11 is 0. The Morgan fingerprint density at radius 1 is 1.17 bits per heavy atom. The zero-order valence-electron chi connectivity index (χ0n) is 11.6. The van der Waals surface area contributed by atoms with E-state index in [0.717, 1.165) is 19.4 Å². The number of piperidine rings is 1. The van der Waals surface area contributed by atoms with E-state index >= 15 is 0 Å². The van der Waals surface area contributed by atoms with Crippen LogP contribution in [0.3, 0.4) is 0 Å². The fourth-order valence-corrected chi connectivity index (χ4v) is 4.07. The van der Waals surface area contributed by atoms with E-state index in [9.17, 15) is 8.42 Å². The SMILES string of the molecule is CC1CCN(S(=O)(=O)CCCNC2CC2)CC1C. The van der Waals surface area contributed by atoms with Gasteiger partial charge >= 0.3 is 0 Å². The van der Waals surface area contributed by atoms with Gasteiger partial charge in [-0.3, -0.25) is 0 Å². The Morgan fingerprint density at radius 2 is 1.89 bits per heavy atom. The molecule has 0 aromatic heterocycles. The van der Waals surface area contributed by atoms with E-state index in [1.807, 2.05) is 0 Å². The molecule has 1 N–H and O–H groups in total. The summed E-state index contributed by atoms with van der Waals surface area (Å²) < 4.78 is 26.1. The van der Waals surface area contributed by atoms with Gasteiger partial charge in [0.05, 0.1) is 5.75 Å². The highest BCUT2D eigenvalue weighted by Crippen LogP contribution is 2.24. The van der Waals surface area contributed by atoms with Crippen LogP contribution < -0.4 is 5.32 Å². The molecule has 1 aliphatic carbocycles. The molecule has 1 heterocycles. The summed E-state index contributed by atoms with van der Waals surface area (Å²) in [6, 6.07) is 0.670. The molecule has 5 heteroatoms. The maximum atomic E-state index is 12.2. The molecule has 0 aromatic carbocycles. The number of hydrogen-bond acceptors (Lipinski definition) is 3. The van der Waals surface area contributed by atoms with Crippen molar-refractivity contribution in [3.63, 3.8) is 0 Å². The molecule has 2 aliphatic rings. The molecule has 2 unspecified atom stereocenters. The Kier molecular flexibility index (Phi) is 4.67. The largest absolute Gasteiger partial charge is 0.314 e. The molecule has 1 aliphatic heterocycles. The lowest BCUT2D eigenvalue weighted by Crippen LogP contribution is -2.43. The van der Waals surface area contributed by atoms with Crippen LogP contribution in [0.2, 0.25) is 0 Å². The number of nitrogens with zero attached hydrogens (tertiary/aromatic N) is 1. The fraction of sp³-hybridized carbons (Fsp3) is 1.00. The van der Waals surface area contributed by atoms with Gasteiger partial charge in [-0.2, -0.15) is 0 Å². The molecule has 0 spiro atoms. The van der Waals surface area contributed by atoms with E-state index in [1.54, 1.807) is 4.31 Å². The highest BCUT2D eigenvalue weighted by atomic mass is 32.2. The number of rotatable bonds is 6. The van der Waals surface area contributed by atoms with Crippen molar-refractivity contribution in [1.82, 2.24) is 9.62 Å². The van der Waals surface area contributed by atoms with Crippen molar-refractivity contribution in [2.24, 2.45) is 11.8 Å². The van der Waals surface area contributed by atoms with Gasteiger partial charge in [0.2, 0.25) is 10.0 Å². The topological polar surface area (TPSA) is 49.4 Å². The fourth-order valence-electron chi connectivity index (χ4n) is 2.45. The van der Waals surface area contributed by atoms with Gasteiger partial charge in [0.1, 0.15) is 0 Å². The molecule has 1 saturated carbocycles. The van der Waals surface area contributed by atoms with Gasteiger partial charge in [-0.25, -0.2) is 12.7 Å². The Labute approximate surface area is 111 Å². The van der Waals surface area contributed by atoms with E-state index in [-0.39, 0.29) is 0 Å². The summed E-state index contributed by atoms with van der Waals surface area (Å²) in [5.74, 6) is 1.43. The minimum atomic E-state index is -3.02. The van der Waals surface area contributed by atoms with Gasteiger partial charge in [-0.1, -0.05) is 13.8 Å². The standard InChI is InChI=1S/C13H26N2O2S/c1-11-6-8-15(10-12(11)2)18(16,17)9-3-7-14-13-4-5-13/h11-14H,3-10H2,1-2H3. The molecule has 0 amide bonds. The first kappa shape index (κ1) is 14.3. The number of nitrogens with one attached hydrogen (secondary N) is 1. The predicted octanol–water partition coefficient (Wildman–Crippen LogP) is 1.44. The third kappa shape index (κ3) is 3.93. The molecule has 2 atom stereocenters. The monoisotopic (exact) mass is 274 g/mol. The van der Waals surface area contributed by atoms with Gasteiger partial charge in [-0.15, -0.1) is 0 Å². The highest BCUT2D eigenvalue weighted by molar-refractivity contribution is 7.89. The average molecular weight is 274 g/mol. The van der Waals surface area contributed by atoms with Gasteiger partial charge in [0, 0.05) is 19.1 Å². The van der Waals surface area contributed by atoms with Crippen LogP contribution >= 0.6 is 0 Å². The third-order valence-corrected chi connectivity index (χ3v) is 6.20. The molecule has 0 aromatic rings. The molecular weight excluding hydrogens is 248 g/mol. The average Bonchev–Trinajstić information content (AvgIpc) is 3.12. The molecule has 18 heavy (non-hydrogen) atoms. The molecule has 2 fully saturated rings. The molecule has 0 bridgehead atoms. The Balaban J connectivity index is 1.74. The normalized spacial score (nSPS) is 30.6. The number of hydrogen-bond donors (Lipinski definition) is 1. The Morgan fingerprint density at radius 3 is 2.50 bits per heavy atom. The van der Waals surface area contributed by atoms with Crippen LogP contribution in [0.5, 0.6) is 0 Å². The van der Waals surface area contributed by atoms with Gasteiger partial charge in [-0.05, 0) is 44.1 Å². The van der Waals surface area contributed by atoms with Crippen molar-refractivity contribution in [2.75, 3.05) is 25.4 Å². The second kappa shape index (κ2) is 5.88. The van der Waals surface area contributed by atoms with Crippen LogP contribution in [-0.2, 0) is 10.0 Å². The molecule has 106 valence electrons. The quantitative estimate of drug-likeness (QED) is 0.746.